The SMILES string of the molecule is CC/C(=C/c1cc(OC)cc2c(CC)cccc12)C(=O)O. The zero-order valence-corrected chi connectivity index (χ0v) is 12.6. The number of methoxy groups -OCH3 is 1. The molecule has 0 aromatic heterocycles. The van der Waals surface area contributed by atoms with E-state index in [0.29, 0.717) is 12.0 Å². The molecule has 1 N–H and O–H groups in total. The normalized spacial score (nSPS) is 11.7. The number of aliphatic carboxylic acids is 1. The number of carbonyl (C=O) groups is 1. The molecule has 0 aliphatic carbocycles. The molecule has 2 aromatic rings. The van der Waals surface area contributed by atoms with Crippen LogP contribution in [0.2, 0.25) is 0 Å². The van der Waals surface area contributed by atoms with E-state index in [9.17, 15) is 9.90 Å². The first-order chi connectivity index (χ1) is 10.1. The van der Waals surface area contributed by atoms with Crippen LogP contribution < -0.4 is 4.74 Å². The monoisotopic (exact) mass is 284 g/mol. The second-order valence-electron chi connectivity index (χ2n) is 4.91. The van der Waals surface area contributed by atoms with Crippen molar-refractivity contribution in [1.29, 1.82) is 0 Å². The van der Waals surface area contributed by atoms with Gasteiger partial charge in [0.25, 0.3) is 0 Å². The van der Waals surface area contributed by atoms with E-state index in [1.807, 2.05) is 31.2 Å². The number of carboxylic acid groups (broad SMARTS) is 1. The number of benzene rings is 2. The van der Waals surface area contributed by atoms with E-state index in [4.69, 9.17) is 4.74 Å². The first-order valence-electron chi connectivity index (χ1n) is 7.14. The van der Waals surface area contributed by atoms with Gasteiger partial charge in [-0.15, -0.1) is 0 Å². The predicted octanol–water partition coefficient (Wildman–Crippen LogP) is 4.29. The van der Waals surface area contributed by atoms with Gasteiger partial charge in [0.15, 0.2) is 0 Å². The van der Waals surface area contributed by atoms with Crippen molar-refractivity contribution in [2.24, 2.45) is 0 Å². The van der Waals surface area contributed by atoms with Gasteiger partial charge in [-0.05, 0) is 52.9 Å². The number of fused-ring (bicyclic) bond motifs is 1. The van der Waals surface area contributed by atoms with E-state index in [0.717, 1.165) is 28.5 Å². The Morgan fingerprint density at radius 2 is 2.00 bits per heavy atom. The lowest BCUT2D eigenvalue weighted by atomic mass is 9.96. The average Bonchev–Trinajstić information content (AvgIpc) is 2.50. The third kappa shape index (κ3) is 3.07. The molecule has 0 aliphatic heterocycles. The summed E-state index contributed by atoms with van der Waals surface area (Å²) in [4.78, 5) is 11.2. The summed E-state index contributed by atoms with van der Waals surface area (Å²) in [6, 6.07) is 10.0. The van der Waals surface area contributed by atoms with E-state index in [2.05, 4.69) is 13.0 Å². The number of aryl methyl sites for hydroxylation is 1. The van der Waals surface area contributed by atoms with Crippen LogP contribution in [0.15, 0.2) is 35.9 Å². The van der Waals surface area contributed by atoms with Crippen LogP contribution in [0.4, 0.5) is 0 Å². The summed E-state index contributed by atoms with van der Waals surface area (Å²) in [6.07, 6.45) is 3.15. The van der Waals surface area contributed by atoms with Gasteiger partial charge in [-0.3, -0.25) is 0 Å². The van der Waals surface area contributed by atoms with Crippen LogP contribution in [0.3, 0.4) is 0 Å². The minimum atomic E-state index is -0.875. The van der Waals surface area contributed by atoms with Gasteiger partial charge in [0, 0.05) is 5.57 Å². The second-order valence-corrected chi connectivity index (χ2v) is 4.91. The second kappa shape index (κ2) is 6.44. The highest BCUT2D eigenvalue weighted by Crippen LogP contribution is 2.30. The van der Waals surface area contributed by atoms with Crippen LogP contribution in [-0.4, -0.2) is 18.2 Å². The predicted molar refractivity (Wildman–Crippen MR) is 85.8 cm³/mol. The third-order valence-electron chi connectivity index (χ3n) is 3.69. The maximum atomic E-state index is 11.2. The van der Waals surface area contributed by atoms with Gasteiger partial charge < -0.3 is 9.84 Å². The minimum Gasteiger partial charge on any atom is -0.497 e. The first kappa shape index (κ1) is 15.1. The third-order valence-corrected chi connectivity index (χ3v) is 3.69. The molecule has 0 fully saturated rings. The van der Waals surface area contributed by atoms with Gasteiger partial charge in [0.05, 0.1) is 7.11 Å². The lowest BCUT2D eigenvalue weighted by Crippen LogP contribution is -1.99. The van der Waals surface area contributed by atoms with Crippen LogP contribution >= 0.6 is 0 Å². The van der Waals surface area contributed by atoms with Gasteiger partial charge in [-0.1, -0.05) is 32.0 Å². The van der Waals surface area contributed by atoms with E-state index >= 15 is 0 Å². The summed E-state index contributed by atoms with van der Waals surface area (Å²) in [7, 11) is 1.63. The van der Waals surface area contributed by atoms with Crippen molar-refractivity contribution >= 4 is 22.8 Å². The minimum absolute atomic E-state index is 0.395. The lowest BCUT2D eigenvalue weighted by molar-refractivity contribution is -0.132. The number of ether oxygens (including phenoxy) is 1. The first-order valence-corrected chi connectivity index (χ1v) is 7.14. The number of hydrogen-bond donors (Lipinski definition) is 1. The highest BCUT2D eigenvalue weighted by Gasteiger charge is 2.09. The van der Waals surface area contributed by atoms with Gasteiger partial charge in [-0.25, -0.2) is 4.79 Å². The smallest absolute Gasteiger partial charge is 0.331 e. The Bertz CT molecular complexity index is 699. The summed E-state index contributed by atoms with van der Waals surface area (Å²) >= 11 is 0. The molecule has 0 spiro atoms. The van der Waals surface area contributed by atoms with Crippen molar-refractivity contribution in [3.05, 3.63) is 47.0 Å². The molecule has 0 unspecified atom stereocenters. The molecule has 3 nitrogen and oxygen atoms in total. The summed E-state index contributed by atoms with van der Waals surface area (Å²) in [5.41, 5.74) is 2.51. The summed E-state index contributed by atoms with van der Waals surface area (Å²) in [5.74, 6) is -0.129. The van der Waals surface area contributed by atoms with E-state index < -0.39 is 5.97 Å². The lowest BCUT2D eigenvalue weighted by Gasteiger charge is -2.11. The molecule has 2 rings (SSSR count). The molecule has 0 bridgehead atoms. The van der Waals surface area contributed by atoms with Gasteiger partial charge in [0.2, 0.25) is 0 Å². The molecule has 2 aromatic carbocycles. The fourth-order valence-electron chi connectivity index (χ4n) is 2.50. The van der Waals surface area contributed by atoms with E-state index in [-0.39, 0.29) is 0 Å². The molecule has 0 saturated heterocycles. The topological polar surface area (TPSA) is 46.5 Å². The molecular formula is C18H20O3. The van der Waals surface area contributed by atoms with Crippen molar-refractivity contribution in [3.63, 3.8) is 0 Å². The molecule has 21 heavy (non-hydrogen) atoms. The van der Waals surface area contributed by atoms with Crippen molar-refractivity contribution in [1.82, 2.24) is 0 Å². The Labute approximate surface area is 124 Å². The Balaban J connectivity index is 2.75. The molecule has 0 heterocycles. The van der Waals surface area contributed by atoms with Crippen LogP contribution in [0.5, 0.6) is 5.75 Å². The fraction of sp³-hybridized carbons (Fsp3) is 0.278. The molecule has 0 atom stereocenters. The van der Waals surface area contributed by atoms with Gasteiger partial charge >= 0.3 is 5.97 Å². The Kier molecular flexibility index (Phi) is 4.63. The molecule has 0 amide bonds. The molecule has 110 valence electrons. The zero-order valence-electron chi connectivity index (χ0n) is 12.6. The zero-order chi connectivity index (χ0) is 15.4. The highest BCUT2D eigenvalue weighted by atomic mass is 16.5. The summed E-state index contributed by atoms with van der Waals surface area (Å²) in [5, 5.41) is 11.4. The maximum absolute atomic E-state index is 11.2. The summed E-state index contributed by atoms with van der Waals surface area (Å²) < 4.78 is 5.36. The van der Waals surface area contributed by atoms with E-state index in [1.165, 1.54) is 5.56 Å². The number of rotatable bonds is 5. The van der Waals surface area contributed by atoms with Crippen molar-refractivity contribution in [2.75, 3.05) is 7.11 Å². The number of hydrogen-bond acceptors (Lipinski definition) is 2. The molecule has 0 aliphatic rings. The molecular weight excluding hydrogens is 264 g/mol. The standard InChI is InChI=1S/C18H20O3/c1-4-12-7-6-8-16-14(9-13(5-2)18(19)20)10-15(21-3)11-17(12)16/h6-11H,4-5H2,1-3H3,(H,19,20)/b13-9-. The van der Waals surface area contributed by atoms with Crippen LogP contribution in [0.25, 0.3) is 16.8 Å². The maximum Gasteiger partial charge on any atom is 0.331 e. The Morgan fingerprint density at radius 1 is 1.24 bits per heavy atom. The fourth-order valence-corrected chi connectivity index (χ4v) is 2.50. The quantitative estimate of drug-likeness (QED) is 0.833. The van der Waals surface area contributed by atoms with E-state index in [1.54, 1.807) is 13.2 Å². The largest absolute Gasteiger partial charge is 0.497 e. The van der Waals surface area contributed by atoms with Crippen molar-refractivity contribution in [2.45, 2.75) is 26.7 Å². The van der Waals surface area contributed by atoms with Crippen LogP contribution in [0, 0.1) is 0 Å². The average molecular weight is 284 g/mol. The highest BCUT2D eigenvalue weighted by molar-refractivity contribution is 5.99. The van der Waals surface area contributed by atoms with Crippen LogP contribution in [-0.2, 0) is 11.2 Å². The molecule has 3 heteroatoms. The van der Waals surface area contributed by atoms with Crippen LogP contribution in [0.1, 0.15) is 31.4 Å². The van der Waals surface area contributed by atoms with Crippen molar-refractivity contribution < 1.29 is 14.6 Å². The van der Waals surface area contributed by atoms with Gasteiger partial charge in [-0.2, -0.15) is 0 Å². The van der Waals surface area contributed by atoms with Crippen molar-refractivity contribution in [3.8, 4) is 5.75 Å². The molecule has 0 radical (unpaired) electrons. The Morgan fingerprint density at radius 3 is 2.57 bits per heavy atom. The van der Waals surface area contributed by atoms with Gasteiger partial charge in [0.1, 0.15) is 5.75 Å². The molecule has 0 saturated carbocycles. The summed E-state index contributed by atoms with van der Waals surface area (Å²) in [6.45, 7) is 3.96. The number of carboxylic acids is 1. The Hall–Kier alpha value is -2.29.